The third kappa shape index (κ3) is 2.41. The fraction of sp³-hybridized carbons (Fsp3) is 0.769. The minimum absolute atomic E-state index is 0.0436. The standard InChI is InChI=1S/C13H21ClFN3/c1-9(2)18-12(11(14)8-17-18)13(3,15)10-5-4-6-16-7-10/h8-10,16H,4-7H2,1-3H3. The summed E-state index contributed by atoms with van der Waals surface area (Å²) in [6, 6.07) is 0.110. The molecule has 0 aliphatic carbocycles. The highest BCUT2D eigenvalue weighted by molar-refractivity contribution is 6.31. The van der Waals surface area contributed by atoms with E-state index in [0.29, 0.717) is 17.3 Å². The second-order valence-electron chi connectivity index (χ2n) is 5.50. The summed E-state index contributed by atoms with van der Waals surface area (Å²) in [6.45, 7) is 7.28. The van der Waals surface area contributed by atoms with Crippen molar-refractivity contribution in [2.45, 2.75) is 45.3 Å². The summed E-state index contributed by atoms with van der Waals surface area (Å²) >= 11 is 6.15. The van der Waals surface area contributed by atoms with Crippen LogP contribution in [-0.2, 0) is 5.67 Å². The molecule has 0 bridgehead atoms. The quantitative estimate of drug-likeness (QED) is 0.916. The van der Waals surface area contributed by atoms with Crippen molar-refractivity contribution in [3.63, 3.8) is 0 Å². The first-order valence-electron chi connectivity index (χ1n) is 6.57. The highest BCUT2D eigenvalue weighted by Gasteiger charge is 2.41. The molecular weight excluding hydrogens is 253 g/mol. The van der Waals surface area contributed by atoms with Crippen LogP contribution in [-0.4, -0.2) is 22.9 Å². The molecule has 1 aliphatic rings. The Morgan fingerprint density at radius 1 is 1.61 bits per heavy atom. The van der Waals surface area contributed by atoms with Crippen LogP contribution in [0.3, 0.4) is 0 Å². The van der Waals surface area contributed by atoms with Crippen molar-refractivity contribution >= 4 is 11.6 Å². The van der Waals surface area contributed by atoms with Gasteiger partial charge in [0.2, 0.25) is 0 Å². The van der Waals surface area contributed by atoms with E-state index in [-0.39, 0.29) is 12.0 Å². The Hall–Kier alpha value is -0.610. The maximum Gasteiger partial charge on any atom is 0.155 e. The van der Waals surface area contributed by atoms with Gasteiger partial charge in [0.15, 0.2) is 5.67 Å². The molecule has 2 rings (SSSR count). The summed E-state index contributed by atoms with van der Waals surface area (Å²) in [5, 5.41) is 7.89. The van der Waals surface area contributed by atoms with E-state index >= 15 is 4.39 Å². The van der Waals surface area contributed by atoms with E-state index in [1.807, 2.05) is 13.8 Å². The van der Waals surface area contributed by atoms with Gasteiger partial charge in [0.25, 0.3) is 0 Å². The molecule has 1 N–H and O–H groups in total. The lowest BCUT2D eigenvalue weighted by Gasteiger charge is -2.34. The molecule has 1 aromatic rings. The number of alkyl halides is 1. The normalized spacial score (nSPS) is 24.2. The van der Waals surface area contributed by atoms with Gasteiger partial charge in [0.05, 0.1) is 16.9 Å². The van der Waals surface area contributed by atoms with Crippen molar-refractivity contribution in [3.8, 4) is 0 Å². The van der Waals surface area contributed by atoms with Gasteiger partial charge in [-0.2, -0.15) is 5.10 Å². The Kier molecular flexibility index (Phi) is 3.97. The third-order valence-corrected chi connectivity index (χ3v) is 4.04. The summed E-state index contributed by atoms with van der Waals surface area (Å²) in [4.78, 5) is 0. The molecule has 0 amide bonds. The van der Waals surface area contributed by atoms with E-state index in [4.69, 9.17) is 11.6 Å². The van der Waals surface area contributed by atoms with E-state index in [2.05, 4.69) is 10.4 Å². The molecule has 1 aliphatic heterocycles. The zero-order chi connectivity index (χ0) is 13.3. The minimum atomic E-state index is -1.44. The van der Waals surface area contributed by atoms with Crippen LogP contribution >= 0.6 is 11.6 Å². The van der Waals surface area contributed by atoms with Gasteiger partial charge in [0, 0.05) is 18.5 Å². The number of piperidine rings is 1. The Morgan fingerprint density at radius 3 is 2.89 bits per heavy atom. The largest absolute Gasteiger partial charge is 0.316 e. The first-order chi connectivity index (χ1) is 8.44. The average Bonchev–Trinajstić information content (AvgIpc) is 2.73. The number of rotatable bonds is 3. The van der Waals surface area contributed by atoms with E-state index in [0.717, 1.165) is 19.4 Å². The van der Waals surface area contributed by atoms with Crippen molar-refractivity contribution in [1.29, 1.82) is 0 Å². The maximum atomic E-state index is 15.2. The Labute approximate surface area is 113 Å². The number of aromatic nitrogens is 2. The Balaban J connectivity index is 2.36. The lowest BCUT2D eigenvalue weighted by Crippen LogP contribution is -2.41. The van der Waals surface area contributed by atoms with Gasteiger partial charge in [-0.15, -0.1) is 0 Å². The average molecular weight is 274 g/mol. The molecule has 2 atom stereocenters. The van der Waals surface area contributed by atoms with Gasteiger partial charge < -0.3 is 5.32 Å². The molecule has 102 valence electrons. The first-order valence-corrected chi connectivity index (χ1v) is 6.95. The zero-order valence-corrected chi connectivity index (χ0v) is 12.0. The molecule has 0 aromatic carbocycles. The van der Waals surface area contributed by atoms with Crippen molar-refractivity contribution in [3.05, 3.63) is 16.9 Å². The van der Waals surface area contributed by atoms with Crippen LogP contribution in [0.4, 0.5) is 4.39 Å². The van der Waals surface area contributed by atoms with Crippen molar-refractivity contribution in [2.75, 3.05) is 13.1 Å². The lowest BCUT2D eigenvalue weighted by atomic mass is 9.82. The van der Waals surface area contributed by atoms with Crippen LogP contribution in [0.25, 0.3) is 0 Å². The third-order valence-electron chi connectivity index (χ3n) is 3.77. The number of nitrogens with zero attached hydrogens (tertiary/aromatic N) is 2. The van der Waals surface area contributed by atoms with Gasteiger partial charge in [-0.1, -0.05) is 11.6 Å². The fourth-order valence-corrected chi connectivity index (χ4v) is 3.01. The fourth-order valence-electron chi connectivity index (χ4n) is 2.70. The predicted molar refractivity (Wildman–Crippen MR) is 71.7 cm³/mol. The number of hydrogen-bond donors (Lipinski definition) is 1. The van der Waals surface area contributed by atoms with E-state index in [1.54, 1.807) is 17.8 Å². The molecule has 2 heterocycles. The molecule has 0 saturated carbocycles. The topological polar surface area (TPSA) is 29.9 Å². The molecule has 0 spiro atoms. The van der Waals surface area contributed by atoms with Gasteiger partial charge >= 0.3 is 0 Å². The van der Waals surface area contributed by atoms with Crippen LogP contribution < -0.4 is 5.32 Å². The second-order valence-corrected chi connectivity index (χ2v) is 5.91. The predicted octanol–water partition coefficient (Wildman–Crippen LogP) is 3.30. The Bertz CT molecular complexity index is 408. The molecular formula is C13H21ClFN3. The molecule has 1 fully saturated rings. The summed E-state index contributed by atoms with van der Waals surface area (Å²) in [5.74, 6) is -0.0436. The van der Waals surface area contributed by atoms with Crippen LogP contribution in [0.15, 0.2) is 6.20 Å². The molecule has 18 heavy (non-hydrogen) atoms. The molecule has 1 aromatic heterocycles. The van der Waals surface area contributed by atoms with Gasteiger partial charge in [-0.25, -0.2) is 4.39 Å². The van der Waals surface area contributed by atoms with E-state index < -0.39 is 5.67 Å². The zero-order valence-electron chi connectivity index (χ0n) is 11.2. The van der Waals surface area contributed by atoms with Gasteiger partial charge in [-0.05, 0) is 40.2 Å². The highest BCUT2D eigenvalue weighted by Crippen LogP contribution is 2.41. The summed E-state index contributed by atoms with van der Waals surface area (Å²) < 4.78 is 16.9. The van der Waals surface area contributed by atoms with Crippen molar-refractivity contribution in [2.24, 2.45) is 5.92 Å². The number of nitrogens with one attached hydrogen (secondary N) is 1. The molecule has 0 radical (unpaired) electrons. The monoisotopic (exact) mass is 273 g/mol. The number of halogens is 2. The summed E-state index contributed by atoms with van der Waals surface area (Å²) in [7, 11) is 0. The van der Waals surface area contributed by atoms with E-state index in [9.17, 15) is 0 Å². The molecule has 3 nitrogen and oxygen atoms in total. The molecule has 1 saturated heterocycles. The second kappa shape index (κ2) is 5.17. The van der Waals surface area contributed by atoms with Gasteiger partial charge in [0.1, 0.15) is 0 Å². The van der Waals surface area contributed by atoms with Crippen LogP contribution in [0.5, 0.6) is 0 Å². The molecule has 5 heteroatoms. The Morgan fingerprint density at radius 2 is 2.33 bits per heavy atom. The first kappa shape index (κ1) is 13.8. The number of hydrogen-bond acceptors (Lipinski definition) is 2. The van der Waals surface area contributed by atoms with E-state index in [1.165, 1.54) is 0 Å². The van der Waals surface area contributed by atoms with Gasteiger partial charge in [-0.3, -0.25) is 4.68 Å². The van der Waals surface area contributed by atoms with Crippen LogP contribution in [0, 0.1) is 5.92 Å². The summed E-state index contributed by atoms with van der Waals surface area (Å²) in [5.41, 5.74) is -0.918. The van der Waals surface area contributed by atoms with Crippen LogP contribution in [0.2, 0.25) is 5.02 Å². The maximum absolute atomic E-state index is 15.2. The SMILES string of the molecule is CC(C)n1ncc(Cl)c1C(C)(F)C1CCCNC1. The highest BCUT2D eigenvalue weighted by atomic mass is 35.5. The summed E-state index contributed by atoms with van der Waals surface area (Å²) in [6.07, 6.45) is 3.45. The molecule has 2 unspecified atom stereocenters. The smallest absolute Gasteiger partial charge is 0.155 e. The van der Waals surface area contributed by atoms with Crippen molar-refractivity contribution < 1.29 is 4.39 Å². The minimum Gasteiger partial charge on any atom is -0.316 e. The lowest BCUT2D eigenvalue weighted by molar-refractivity contribution is 0.0699. The van der Waals surface area contributed by atoms with Crippen LogP contribution in [0.1, 0.15) is 45.3 Å². The van der Waals surface area contributed by atoms with Crippen molar-refractivity contribution in [1.82, 2.24) is 15.1 Å².